The Balaban J connectivity index is 3.38. The van der Waals surface area contributed by atoms with Gasteiger partial charge >= 0.3 is 7.60 Å². The molecule has 19 heavy (non-hydrogen) atoms. The summed E-state index contributed by atoms with van der Waals surface area (Å²) in [4.78, 5) is 9.39. The molecule has 0 fully saturated rings. The van der Waals surface area contributed by atoms with Crippen LogP contribution in [0.5, 0.6) is 0 Å². The molecule has 0 aliphatic carbocycles. The van der Waals surface area contributed by atoms with Crippen molar-refractivity contribution in [2.45, 2.75) is 0 Å². The second kappa shape index (κ2) is 13.0. The number of hydrogen-bond acceptors (Lipinski definition) is 7. The summed E-state index contributed by atoms with van der Waals surface area (Å²) in [5.41, 5.74) is 0. The van der Waals surface area contributed by atoms with Crippen LogP contribution in [-0.4, -0.2) is 71.9 Å². The molecule has 0 radical (unpaired) electrons. The molecule has 0 aliphatic heterocycles. The van der Waals surface area contributed by atoms with Crippen molar-refractivity contribution in [3.05, 3.63) is 0 Å². The van der Waals surface area contributed by atoms with E-state index in [-0.39, 0.29) is 26.4 Å². The van der Waals surface area contributed by atoms with Gasteiger partial charge in [-0.25, -0.2) is 0 Å². The van der Waals surface area contributed by atoms with Crippen LogP contribution in [0.4, 0.5) is 0 Å². The molecule has 0 aromatic heterocycles. The van der Waals surface area contributed by atoms with Gasteiger partial charge in [0.15, 0.2) is 6.79 Å². The van der Waals surface area contributed by atoms with E-state index in [2.05, 4.69) is 0 Å². The molecular weight excluding hydrogens is 279 g/mol. The zero-order valence-electron chi connectivity index (χ0n) is 11.4. The Hall–Kier alpha value is -0.0500. The maximum absolute atomic E-state index is 11.5. The topological polar surface area (TPSA) is 92.7 Å². The van der Waals surface area contributed by atoms with Crippen molar-refractivity contribution in [1.29, 1.82) is 0 Å². The summed E-state index contributed by atoms with van der Waals surface area (Å²) in [6, 6.07) is 0. The summed E-state index contributed by atoms with van der Waals surface area (Å²) in [6.07, 6.45) is -0.117. The zero-order chi connectivity index (χ0) is 14.4. The predicted molar refractivity (Wildman–Crippen MR) is 67.1 cm³/mol. The van der Waals surface area contributed by atoms with Crippen molar-refractivity contribution in [2.75, 3.05) is 67.0 Å². The first-order valence-electron chi connectivity index (χ1n) is 5.80. The van der Waals surface area contributed by atoms with Crippen molar-refractivity contribution in [1.82, 2.24) is 0 Å². The third kappa shape index (κ3) is 14.2. The molecule has 0 amide bonds. The Morgan fingerprint density at radius 1 is 0.842 bits per heavy atom. The fourth-order valence-electron chi connectivity index (χ4n) is 0.884. The van der Waals surface area contributed by atoms with E-state index in [1.807, 2.05) is 0 Å². The molecular formula is C10H23O8P. The molecule has 0 heterocycles. The number of hydrogen-bond donors (Lipinski definition) is 1. The van der Waals surface area contributed by atoms with Gasteiger partial charge in [-0.2, -0.15) is 0 Å². The molecule has 0 spiro atoms. The van der Waals surface area contributed by atoms with Crippen molar-refractivity contribution in [3.8, 4) is 0 Å². The Morgan fingerprint density at radius 2 is 1.37 bits per heavy atom. The van der Waals surface area contributed by atoms with Crippen molar-refractivity contribution >= 4 is 7.60 Å². The summed E-state index contributed by atoms with van der Waals surface area (Å²) in [6.45, 7) is 1.47. The highest BCUT2D eigenvalue weighted by Crippen LogP contribution is 2.41. The van der Waals surface area contributed by atoms with E-state index in [0.717, 1.165) is 0 Å². The van der Waals surface area contributed by atoms with Gasteiger partial charge in [0.1, 0.15) is 6.79 Å². The first-order chi connectivity index (χ1) is 9.12. The second-order valence-electron chi connectivity index (χ2n) is 3.44. The quantitative estimate of drug-likeness (QED) is 0.281. The number of methoxy groups -OCH3 is 2. The average molecular weight is 302 g/mol. The first kappa shape index (κ1) is 18.9. The Bertz CT molecular complexity index is 238. The predicted octanol–water partition coefficient (Wildman–Crippen LogP) is 0.446. The van der Waals surface area contributed by atoms with Crippen LogP contribution in [0.1, 0.15) is 0 Å². The highest BCUT2D eigenvalue weighted by molar-refractivity contribution is 7.52. The number of ether oxygens (including phenoxy) is 5. The van der Waals surface area contributed by atoms with Crippen LogP contribution in [0.15, 0.2) is 0 Å². The molecule has 0 aromatic carbocycles. The average Bonchev–Trinajstić information content (AvgIpc) is 2.37. The summed E-state index contributed by atoms with van der Waals surface area (Å²) >= 11 is 0. The van der Waals surface area contributed by atoms with Gasteiger partial charge in [-0.1, -0.05) is 0 Å². The molecule has 0 rings (SSSR count). The fraction of sp³-hybridized carbons (Fsp3) is 1.00. The minimum absolute atomic E-state index is 0.0493. The van der Waals surface area contributed by atoms with Crippen molar-refractivity contribution in [2.24, 2.45) is 0 Å². The highest BCUT2D eigenvalue weighted by atomic mass is 31.2. The van der Waals surface area contributed by atoms with E-state index in [4.69, 9.17) is 28.2 Å². The molecule has 8 nitrogen and oxygen atoms in total. The zero-order valence-corrected chi connectivity index (χ0v) is 12.3. The molecule has 0 saturated heterocycles. The lowest BCUT2D eigenvalue weighted by Gasteiger charge is -2.12. The minimum Gasteiger partial charge on any atom is -0.382 e. The van der Waals surface area contributed by atoms with Crippen molar-refractivity contribution < 1.29 is 37.7 Å². The minimum atomic E-state index is -3.67. The molecule has 1 N–H and O–H groups in total. The summed E-state index contributed by atoms with van der Waals surface area (Å²) in [5, 5.41) is 0. The molecule has 0 aromatic rings. The van der Waals surface area contributed by atoms with Gasteiger partial charge < -0.3 is 28.6 Å². The Labute approximate surface area is 113 Å². The van der Waals surface area contributed by atoms with Crippen LogP contribution in [0.3, 0.4) is 0 Å². The van der Waals surface area contributed by atoms with Crippen LogP contribution in [0.2, 0.25) is 0 Å². The van der Waals surface area contributed by atoms with Gasteiger partial charge in [0, 0.05) is 14.2 Å². The first-order valence-corrected chi connectivity index (χ1v) is 7.56. The Kier molecular flexibility index (Phi) is 12.9. The highest BCUT2D eigenvalue weighted by Gasteiger charge is 2.18. The standard InChI is InChI=1S/C10H23O8P/c1-13-3-5-15-9-17-7-8-19(11,12)18-10-16-6-4-14-2/h3-10H2,1-2H3,(H,11,12). The molecule has 0 saturated carbocycles. The molecule has 116 valence electrons. The lowest BCUT2D eigenvalue weighted by molar-refractivity contribution is -0.0625. The van der Waals surface area contributed by atoms with E-state index in [1.165, 1.54) is 7.11 Å². The van der Waals surface area contributed by atoms with E-state index in [0.29, 0.717) is 26.4 Å². The van der Waals surface area contributed by atoms with Crippen LogP contribution in [0, 0.1) is 0 Å². The third-order valence-electron chi connectivity index (χ3n) is 1.89. The SMILES string of the molecule is COCCOCOCCP(=O)(O)OCOCCOC. The summed E-state index contributed by atoms with van der Waals surface area (Å²) < 4.78 is 40.6. The second-order valence-corrected chi connectivity index (χ2v) is 5.42. The lowest BCUT2D eigenvalue weighted by Crippen LogP contribution is -2.10. The van der Waals surface area contributed by atoms with E-state index in [9.17, 15) is 9.46 Å². The molecule has 1 unspecified atom stereocenters. The molecule has 0 bridgehead atoms. The Morgan fingerprint density at radius 3 is 1.95 bits per heavy atom. The van der Waals surface area contributed by atoms with Gasteiger partial charge in [0.25, 0.3) is 0 Å². The van der Waals surface area contributed by atoms with Gasteiger partial charge in [-0.3, -0.25) is 9.09 Å². The summed E-state index contributed by atoms with van der Waals surface area (Å²) in [7, 11) is -0.571. The maximum atomic E-state index is 11.5. The van der Waals surface area contributed by atoms with Gasteiger partial charge in [-0.05, 0) is 0 Å². The van der Waals surface area contributed by atoms with Gasteiger partial charge in [-0.15, -0.1) is 0 Å². The van der Waals surface area contributed by atoms with Gasteiger partial charge in [0.05, 0.1) is 39.2 Å². The summed E-state index contributed by atoms with van der Waals surface area (Å²) in [5.74, 6) is 0. The third-order valence-corrected chi connectivity index (χ3v) is 3.14. The van der Waals surface area contributed by atoms with E-state index < -0.39 is 7.60 Å². The largest absolute Gasteiger partial charge is 0.382 e. The van der Waals surface area contributed by atoms with Crippen molar-refractivity contribution in [3.63, 3.8) is 0 Å². The van der Waals surface area contributed by atoms with Crippen LogP contribution in [-0.2, 0) is 32.8 Å². The maximum Gasteiger partial charge on any atom is 0.332 e. The van der Waals surface area contributed by atoms with E-state index in [1.54, 1.807) is 7.11 Å². The van der Waals surface area contributed by atoms with E-state index >= 15 is 0 Å². The fourth-order valence-corrected chi connectivity index (χ4v) is 1.61. The van der Waals surface area contributed by atoms with Gasteiger partial charge in [0.2, 0.25) is 0 Å². The van der Waals surface area contributed by atoms with Crippen LogP contribution in [0.25, 0.3) is 0 Å². The van der Waals surface area contributed by atoms with Crippen LogP contribution < -0.4 is 0 Å². The monoisotopic (exact) mass is 302 g/mol. The molecule has 9 heteroatoms. The number of rotatable bonds is 14. The van der Waals surface area contributed by atoms with Crippen LogP contribution >= 0.6 is 7.60 Å². The lowest BCUT2D eigenvalue weighted by atomic mass is 10.8. The normalized spacial score (nSPS) is 14.5. The molecule has 0 aliphatic rings. The smallest absolute Gasteiger partial charge is 0.332 e. The molecule has 1 atom stereocenters.